The van der Waals surface area contributed by atoms with Crippen molar-refractivity contribution < 1.29 is 9.18 Å². The topological polar surface area (TPSA) is 55.1 Å². The molecule has 1 aromatic carbocycles. The number of halogens is 1. The summed E-state index contributed by atoms with van der Waals surface area (Å²) in [5.74, 6) is -0.311. The van der Waals surface area contributed by atoms with Gasteiger partial charge in [0, 0.05) is 6.04 Å². The van der Waals surface area contributed by atoms with Gasteiger partial charge in [-0.05, 0) is 50.3 Å². The van der Waals surface area contributed by atoms with Crippen molar-refractivity contribution in [3.8, 4) is 0 Å². The highest BCUT2D eigenvalue weighted by Crippen LogP contribution is 2.29. The van der Waals surface area contributed by atoms with E-state index in [4.69, 9.17) is 5.73 Å². The van der Waals surface area contributed by atoms with Crippen molar-refractivity contribution in [1.29, 1.82) is 0 Å². The van der Waals surface area contributed by atoms with Crippen molar-refractivity contribution in [2.75, 3.05) is 0 Å². The van der Waals surface area contributed by atoms with Crippen LogP contribution in [0.4, 0.5) is 4.39 Å². The summed E-state index contributed by atoms with van der Waals surface area (Å²) in [5, 5.41) is 2.93. The molecule has 1 amide bonds. The maximum Gasteiger partial charge on any atom is 0.240 e. The summed E-state index contributed by atoms with van der Waals surface area (Å²) in [6.45, 7) is 1.93. The van der Waals surface area contributed by atoms with Gasteiger partial charge in [0.05, 0.1) is 5.54 Å². The lowest BCUT2D eigenvalue weighted by Gasteiger charge is -2.37. The second kappa shape index (κ2) is 5.06. The van der Waals surface area contributed by atoms with E-state index >= 15 is 0 Å². The van der Waals surface area contributed by atoms with Crippen LogP contribution in [0.25, 0.3) is 0 Å². The van der Waals surface area contributed by atoms with Gasteiger partial charge in [0.25, 0.3) is 0 Å². The zero-order chi connectivity index (χ0) is 13.2. The van der Waals surface area contributed by atoms with Crippen LogP contribution in [0.15, 0.2) is 24.3 Å². The zero-order valence-electron chi connectivity index (χ0n) is 10.6. The van der Waals surface area contributed by atoms with Crippen LogP contribution in [0.3, 0.4) is 0 Å². The summed E-state index contributed by atoms with van der Waals surface area (Å²) in [6, 6.07) is 6.34. The summed E-state index contributed by atoms with van der Waals surface area (Å²) in [5.41, 5.74) is 6.29. The number of amides is 1. The first-order chi connectivity index (χ1) is 8.49. The largest absolute Gasteiger partial charge is 0.352 e. The maximum absolute atomic E-state index is 12.8. The molecule has 2 rings (SSSR count). The lowest BCUT2D eigenvalue weighted by molar-refractivity contribution is -0.129. The van der Waals surface area contributed by atoms with Crippen LogP contribution < -0.4 is 11.1 Å². The van der Waals surface area contributed by atoms with Gasteiger partial charge in [0.1, 0.15) is 5.82 Å². The zero-order valence-corrected chi connectivity index (χ0v) is 10.6. The maximum atomic E-state index is 12.8. The normalized spacial score (nSPS) is 18.8. The number of hydrogen-bond donors (Lipinski definition) is 2. The number of carbonyl (C=O) groups excluding carboxylic acids is 1. The van der Waals surface area contributed by atoms with Gasteiger partial charge in [-0.1, -0.05) is 12.1 Å². The third-order valence-electron chi connectivity index (χ3n) is 3.53. The first kappa shape index (κ1) is 13.0. The van der Waals surface area contributed by atoms with Crippen LogP contribution in [0.5, 0.6) is 0 Å². The molecule has 0 aromatic heterocycles. The highest BCUT2D eigenvalue weighted by atomic mass is 19.1. The summed E-state index contributed by atoms with van der Waals surface area (Å²) in [7, 11) is 0. The molecule has 1 aliphatic carbocycles. The van der Waals surface area contributed by atoms with Crippen LogP contribution in [-0.4, -0.2) is 17.5 Å². The average Bonchev–Trinajstić information content (AvgIpc) is 2.29. The molecule has 1 fully saturated rings. The number of carbonyl (C=O) groups is 1. The first-order valence-electron chi connectivity index (χ1n) is 6.34. The van der Waals surface area contributed by atoms with Crippen LogP contribution in [0.2, 0.25) is 0 Å². The number of benzene rings is 1. The second-order valence-corrected chi connectivity index (χ2v) is 5.21. The molecule has 1 aromatic rings. The van der Waals surface area contributed by atoms with Crippen molar-refractivity contribution >= 4 is 5.91 Å². The predicted octanol–water partition coefficient (Wildman–Crippen LogP) is 1.75. The molecule has 18 heavy (non-hydrogen) atoms. The lowest BCUT2D eigenvalue weighted by atomic mass is 9.77. The molecule has 0 bridgehead atoms. The Kier molecular flexibility index (Phi) is 3.66. The molecule has 0 radical (unpaired) electrons. The molecular weight excluding hydrogens is 231 g/mol. The molecule has 0 aliphatic heterocycles. The van der Waals surface area contributed by atoms with E-state index in [9.17, 15) is 9.18 Å². The van der Waals surface area contributed by atoms with Crippen LogP contribution >= 0.6 is 0 Å². The van der Waals surface area contributed by atoms with E-state index in [1.165, 1.54) is 12.1 Å². The molecule has 1 aliphatic rings. The van der Waals surface area contributed by atoms with Crippen LogP contribution in [0.1, 0.15) is 31.7 Å². The van der Waals surface area contributed by atoms with Crippen LogP contribution in [-0.2, 0) is 11.2 Å². The van der Waals surface area contributed by atoms with Crippen LogP contribution in [0, 0.1) is 5.82 Å². The molecule has 3 N–H and O–H groups in total. The monoisotopic (exact) mass is 250 g/mol. The van der Waals surface area contributed by atoms with Crippen molar-refractivity contribution in [2.45, 2.75) is 44.2 Å². The Balaban J connectivity index is 1.86. The Morgan fingerprint density at radius 1 is 1.44 bits per heavy atom. The molecule has 0 heterocycles. The smallest absolute Gasteiger partial charge is 0.240 e. The highest BCUT2D eigenvalue weighted by Gasteiger charge is 2.40. The van der Waals surface area contributed by atoms with E-state index in [1.807, 2.05) is 6.92 Å². The minimum atomic E-state index is -0.656. The van der Waals surface area contributed by atoms with E-state index in [1.54, 1.807) is 12.1 Å². The predicted molar refractivity (Wildman–Crippen MR) is 68.5 cm³/mol. The van der Waals surface area contributed by atoms with Crippen molar-refractivity contribution in [2.24, 2.45) is 5.73 Å². The second-order valence-electron chi connectivity index (χ2n) is 5.21. The number of hydrogen-bond acceptors (Lipinski definition) is 2. The van der Waals surface area contributed by atoms with E-state index in [0.717, 1.165) is 24.8 Å². The summed E-state index contributed by atoms with van der Waals surface area (Å²) < 4.78 is 12.8. The van der Waals surface area contributed by atoms with Gasteiger partial charge >= 0.3 is 0 Å². The number of nitrogens with one attached hydrogen (secondary N) is 1. The fourth-order valence-corrected chi connectivity index (χ4v) is 2.18. The van der Waals surface area contributed by atoms with Gasteiger partial charge in [-0.25, -0.2) is 4.39 Å². The lowest BCUT2D eigenvalue weighted by Crippen LogP contribution is -2.60. The quantitative estimate of drug-likeness (QED) is 0.855. The minimum Gasteiger partial charge on any atom is -0.352 e. The van der Waals surface area contributed by atoms with Gasteiger partial charge in [-0.2, -0.15) is 0 Å². The van der Waals surface area contributed by atoms with Gasteiger partial charge < -0.3 is 11.1 Å². The van der Waals surface area contributed by atoms with E-state index in [-0.39, 0.29) is 17.8 Å². The summed E-state index contributed by atoms with van der Waals surface area (Å²) in [6.07, 6.45) is 3.24. The molecule has 3 nitrogen and oxygen atoms in total. The first-order valence-corrected chi connectivity index (χ1v) is 6.34. The third-order valence-corrected chi connectivity index (χ3v) is 3.53. The van der Waals surface area contributed by atoms with Gasteiger partial charge in [-0.15, -0.1) is 0 Å². The number of rotatable bonds is 4. The number of nitrogens with two attached hydrogens (primary N) is 1. The van der Waals surface area contributed by atoms with Crippen molar-refractivity contribution in [1.82, 2.24) is 5.32 Å². The molecular formula is C14H19FN2O. The SMILES string of the molecule is CC(Cc1ccc(F)cc1)NC(=O)C1(N)CCC1. The highest BCUT2D eigenvalue weighted by molar-refractivity contribution is 5.87. The minimum absolute atomic E-state index is 0.00369. The third kappa shape index (κ3) is 2.88. The standard InChI is InChI=1S/C14H19FN2O/c1-10(9-11-3-5-12(15)6-4-11)17-13(18)14(16)7-2-8-14/h3-6,10H,2,7-9,16H2,1H3,(H,17,18). The van der Waals surface area contributed by atoms with E-state index < -0.39 is 5.54 Å². The molecule has 1 saturated carbocycles. The fourth-order valence-electron chi connectivity index (χ4n) is 2.18. The Labute approximate surface area is 107 Å². The Morgan fingerprint density at radius 2 is 2.06 bits per heavy atom. The van der Waals surface area contributed by atoms with Crippen molar-refractivity contribution in [3.05, 3.63) is 35.6 Å². The molecule has 0 saturated heterocycles. The van der Waals surface area contributed by atoms with E-state index in [0.29, 0.717) is 6.42 Å². The van der Waals surface area contributed by atoms with Gasteiger partial charge in [0.15, 0.2) is 0 Å². The molecule has 98 valence electrons. The molecule has 4 heteroatoms. The van der Waals surface area contributed by atoms with Gasteiger partial charge in [0.2, 0.25) is 5.91 Å². The fraction of sp³-hybridized carbons (Fsp3) is 0.500. The Morgan fingerprint density at radius 3 is 2.56 bits per heavy atom. The van der Waals surface area contributed by atoms with Crippen molar-refractivity contribution in [3.63, 3.8) is 0 Å². The Hall–Kier alpha value is -1.42. The van der Waals surface area contributed by atoms with Gasteiger partial charge in [-0.3, -0.25) is 4.79 Å². The average molecular weight is 250 g/mol. The summed E-state index contributed by atoms with van der Waals surface area (Å²) in [4.78, 5) is 11.9. The summed E-state index contributed by atoms with van der Waals surface area (Å²) >= 11 is 0. The molecule has 1 atom stereocenters. The molecule has 0 spiro atoms. The Bertz CT molecular complexity index is 426. The molecule has 1 unspecified atom stereocenters. The van der Waals surface area contributed by atoms with E-state index in [2.05, 4.69) is 5.32 Å².